The van der Waals surface area contributed by atoms with Crippen LogP contribution in [0.25, 0.3) is 0 Å². The van der Waals surface area contributed by atoms with Crippen LogP contribution in [-0.2, 0) is 13.6 Å². The van der Waals surface area contributed by atoms with Crippen molar-refractivity contribution in [1.29, 1.82) is 0 Å². The summed E-state index contributed by atoms with van der Waals surface area (Å²) in [6.07, 6.45) is 7.02. The first kappa shape index (κ1) is 16.8. The molecular weight excluding hydrogens is 302 g/mol. The van der Waals surface area contributed by atoms with Crippen molar-refractivity contribution in [1.82, 2.24) is 14.7 Å². The first-order valence-corrected chi connectivity index (χ1v) is 8.65. The van der Waals surface area contributed by atoms with Gasteiger partial charge >= 0.3 is 0 Å². The predicted molar refractivity (Wildman–Crippen MR) is 94.4 cm³/mol. The van der Waals surface area contributed by atoms with E-state index >= 15 is 0 Å². The fourth-order valence-electron chi connectivity index (χ4n) is 3.52. The van der Waals surface area contributed by atoms with Crippen LogP contribution in [0.2, 0.25) is 0 Å². The lowest BCUT2D eigenvalue weighted by atomic mass is 10.1. The van der Waals surface area contributed by atoms with E-state index in [1.165, 1.54) is 36.9 Å². The van der Waals surface area contributed by atoms with Gasteiger partial charge in [-0.25, -0.2) is 0 Å². The molecule has 1 fully saturated rings. The van der Waals surface area contributed by atoms with Crippen molar-refractivity contribution in [2.24, 2.45) is 7.05 Å². The third-order valence-electron chi connectivity index (χ3n) is 4.77. The average molecular weight is 329 g/mol. The van der Waals surface area contributed by atoms with Gasteiger partial charge in [0.15, 0.2) is 11.5 Å². The molecule has 2 aromatic rings. The van der Waals surface area contributed by atoms with E-state index in [2.05, 4.69) is 28.2 Å². The number of aromatic nitrogens is 2. The lowest BCUT2D eigenvalue weighted by Crippen LogP contribution is -2.28. The lowest BCUT2D eigenvalue weighted by Gasteiger charge is -2.29. The van der Waals surface area contributed by atoms with Gasteiger partial charge in [-0.2, -0.15) is 5.10 Å². The molecule has 130 valence electrons. The quantitative estimate of drug-likeness (QED) is 0.841. The maximum Gasteiger partial charge on any atom is 0.161 e. The highest BCUT2D eigenvalue weighted by atomic mass is 16.5. The standard InChI is InChI=1S/C19H27N3O2/c1-21-12-10-16(20-21)17-7-5-4-6-11-22(17)14-15-8-9-18(23-2)19(13-15)24-3/h8-10,12-13,17H,4-7,11,14H2,1-3H3/t17-/m1/s1. The van der Waals surface area contributed by atoms with Crippen molar-refractivity contribution in [3.63, 3.8) is 0 Å². The molecule has 0 aliphatic carbocycles. The third-order valence-corrected chi connectivity index (χ3v) is 4.77. The van der Waals surface area contributed by atoms with Gasteiger partial charge in [0, 0.05) is 19.8 Å². The smallest absolute Gasteiger partial charge is 0.161 e. The predicted octanol–water partition coefficient (Wildman–Crippen LogP) is 3.55. The van der Waals surface area contributed by atoms with Crippen LogP contribution in [-0.4, -0.2) is 35.4 Å². The maximum absolute atomic E-state index is 5.45. The molecule has 24 heavy (non-hydrogen) atoms. The van der Waals surface area contributed by atoms with Crippen LogP contribution in [0.4, 0.5) is 0 Å². The molecule has 0 unspecified atom stereocenters. The van der Waals surface area contributed by atoms with Crippen LogP contribution in [0, 0.1) is 0 Å². The van der Waals surface area contributed by atoms with Crippen molar-refractivity contribution >= 4 is 0 Å². The normalized spacial score (nSPS) is 19.0. The summed E-state index contributed by atoms with van der Waals surface area (Å²) in [6, 6.07) is 8.74. The fraction of sp³-hybridized carbons (Fsp3) is 0.526. The second kappa shape index (κ2) is 7.71. The first-order chi connectivity index (χ1) is 11.7. The van der Waals surface area contributed by atoms with E-state index in [9.17, 15) is 0 Å². The Morgan fingerprint density at radius 3 is 2.62 bits per heavy atom. The van der Waals surface area contributed by atoms with E-state index in [4.69, 9.17) is 9.47 Å². The minimum absolute atomic E-state index is 0.391. The molecule has 0 bridgehead atoms. The second-order valence-corrected chi connectivity index (χ2v) is 6.44. The monoisotopic (exact) mass is 329 g/mol. The van der Waals surface area contributed by atoms with E-state index in [-0.39, 0.29) is 0 Å². The summed E-state index contributed by atoms with van der Waals surface area (Å²) in [6.45, 7) is 2.01. The van der Waals surface area contributed by atoms with E-state index in [1.807, 2.05) is 24.0 Å². The lowest BCUT2D eigenvalue weighted by molar-refractivity contribution is 0.188. The molecule has 5 nitrogen and oxygen atoms in total. The highest BCUT2D eigenvalue weighted by molar-refractivity contribution is 5.42. The molecule has 5 heteroatoms. The van der Waals surface area contributed by atoms with Crippen LogP contribution >= 0.6 is 0 Å². The van der Waals surface area contributed by atoms with E-state index in [0.29, 0.717) is 6.04 Å². The average Bonchev–Trinajstić information content (AvgIpc) is 2.89. The van der Waals surface area contributed by atoms with Gasteiger partial charge in [0.1, 0.15) is 0 Å². The molecule has 3 rings (SSSR count). The molecule has 1 aromatic carbocycles. The topological polar surface area (TPSA) is 39.5 Å². The maximum atomic E-state index is 5.45. The molecule has 1 atom stereocenters. The molecular formula is C19H27N3O2. The van der Waals surface area contributed by atoms with Gasteiger partial charge in [-0.05, 0) is 43.1 Å². The molecule has 1 aliphatic rings. The number of aryl methyl sites for hydroxylation is 1. The molecule has 2 heterocycles. The largest absolute Gasteiger partial charge is 0.493 e. The van der Waals surface area contributed by atoms with E-state index in [0.717, 1.165) is 24.6 Å². The zero-order valence-corrected chi connectivity index (χ0v) is 14.9. The molecule has 0 N–H and O–H groups in total. The summed E-state index contributed by atoms with van der Waals surface area (Å²) in [5.74, 6) is 1.57. The Kier molecular flexibility index (Phi) is 5.41. The van der Waals surface area contributed by atoms with Gasteiger partial charge in [0.05, 0.1) is 26.0 Å². The second-order valence-electron chi connectivity index (χ2n) is 6.44. The Labute approximate surface area is 144 Å². The summed E-state index contributed by atoms with van der Waals surface area (Å²) in [5, 5.41) is 4.66. The Balaban J connectivity index is 1.82. The number of hydrogen-bond acceptors (Lipinski definition) is 4. The number of rotatable bonds is 5. The third kappa shape index (κ3) is 3.73. The highest BCUT2D eigenvalue weighted by Crippen LogP contribution is 2.32. The first-order valence-electron chi connectivity index (χ1n) is 8.65. The minimum atomic E-state index is 0.391. The molecule has 0 radical (unpaired) electrons. The van der Waals surface area contributed by atoms with Gasteiger partial charge in [-0.1, -0.05) is 18.9 Å². The van der Waals surface area contributed by atoms with Gasteiger partial charge in [0.25, 0.3) is 0 Å². The van der Waals surface area contributed by atoms with Gasteiger partial charge in [0.2, 0.25) is 0 Å². The van der Waals surface area contributed by atoms with Crippen molar-refractivity contribution in [2.45, 2.75) is 38.3 Å². The number of nitrogens with zero attached hydrogens (tertiary/aromatic N) is 3. The van der Waals surface area contributed by atoms with Crippen LogP contribution in [0.5, 0.6) is 11.5 Å². The van der Waals surface area contributed by atoms with Crippen LogP contribution in [0.1, 0.15) is 43.0 Å². The van der Waals surface area contributed by atoms with Gasteiger partial charge < -0.3 is 9.47 Å². The Morgan fingerprint density at radius 1 is 1.08 bits per heavy atom. The fourth-order valence-corrected chi connectivity index (χ4v) is 3.52. The molecule has 0 spiro atoms. The molecule has 1 aromatic heterocycles. The van der Waals surface area contributed by atoms with Gasteiger partial charge in [-0.3, -0.25) is 9.58 Å². The SMILES string of the molecule is COc1ccc(CN2CCCCC[C@@H]2c2ccn(C)n2)cc1OC. The summed E-state index contributed by atoms with van der Waals surface area (Å²) < 4.78 is 12.7. The van der Waals surface area contributed by atoms with Gasteiger partial charge in [-0.15, -0.1) is 0 Å². The number of likely N-dealkylation sites (tertiary alicyclic amines) is 1. The van der Waals surface area contributed by atoms with Crippen molar-refractivity contribution in [3.8, 4) is 11.5 Å². The van der Waals surface area contributed by atoms with Crippen LogP contribution in [0.3, 0.4) is 0 Å². The van der Waals surface area contributed by atoms with Crippen molar-refractivity contribution < 1.29 is 9.47 Å². The summed E-state index contributed by atoms with van der Waals surface area (Å²) in [7, 11) is 5.34. The molecule has 1 aliphatic heterocycles. The summed E-state index contributed by atoms with van der Waals surface area (Å²) in [5.41, 5.74) is 2.43. The number of methoxy groups -OCH3 is 2. The number of ether oxygens (including phenoxy) is 2. The zero-order valence-electron chi connectivity index (χ0n) is 14.9. The number of hydrogen-bond donors (Lipinski definition) is 0. The number of benzene rings is 1. The van der Waals surface area contributed by atoms with Crippen molar-refractivity contribution in [3.05, 3.63) is 41.7 Å². The molecule has 0 amide bonds. The van der Waals surface area contributed by atoms with E-state index in [1.54, 1.807) is 14.2 Å². The Hall–Kier alpha value is -2.01. The van der Waals surface area contributed by atoms with Crippen molar-refractivity contribution in [2.75, 3.05) is 20.8 Å². The molecule has 0 saturated carbocycles. The highest BCUT2D eigenvalue weighted by Gasteiger charge is 2.24. The summed E-state index contributed by atoms with van der Waals surface area (Å²) >= 11 is 0. The Morgan fingerprint density at radius 2 is 1.92 bits per heavy atom. The minimum Gasteiger partial charge on any atom is -0.493 e. The molecule has 1 saturated heterocycles. The van der Waals surface area contributed by atoms with E-state index < -0.39 is 0 Å². The van der Waals surface area contributed by atoms with Crippen LogP contribution < -0.4 is 9.47 Å². The Bertz CT molecular complexity index is 668. The zero-order chi connectivity index (χ0) is 16.9. The van der Waals surface area contributed by atoms with Crippen LogP contribution in [0.15, 0.2) is 30.5 Å². The summed E-state index contributed by atoms with van der Waals surface area (Å²) in [4.78, 5) is 2.55.